The third-order valence-electron chi connectivity index (χ3n) is 5.88. The van der Waals surface area contributed by atoms with Gasteiger partial charge in [0.05, 0.1) is 30.5 Å². The van der Waals surface area contributed by atoms with Crippen LogP contribution in [0.2, 0.25) is 0 Å². The second-order valence-electron chi connectivity index (χ2n) is 7.90. The van der Waals surface area contributed by atoms with Gasteiger partial charge in [-0.15, -0.1) is 0 Å². The zero-order valence-electron chi connectivity index (χ0n) is 16.9. The van der Waals surface area contributed by atoms with Gasteiger partial charge in [0.2, 0.25) is 5.91 Å². The molecule has 0 aliphatic carbocycles. The van der Waals surface area contributed by atoms with E-state index in [9.17, 15) is 23.6 Å². The molecule has 3 aliphatic heterocycles. The first kappa shape index (κ1) is 21.0. The molecule has 3 heterocycles. The summed E-state index contributed by atoms with van der Waals surface area (Å²) >= 11 is 0. The van der Waals surface area contributed by atoms with E-state index in [0.717, 1.165) is 6.08 Å². The molecule has 1 N–H and O–H groups in total. The molecule has 3 aliphatic rings. The van der Waals surface area contributed by atoms with Crippen molar-refractivity contribution in [1.82, 2.24) is 5.32 Å². The van der Waals surface area contributed by atoms with Crippen molar-refractivity contribution in [2.45, 2.75) is 37.6 Å². The number of epoxide rings is 1. The molecule has 1 spiro atoms. The second-order valence-corrected chi connectivity index (χ2v) is 7.90. The quantitative estimate of drug-likeness (QED) is 0.406. The van der Waals surface area contributed by atoms with Crippen LogP contribution in [0.4, 0.5) is 20.6 Å². The highest BCUT2D eigenvalue weighted by Crippen LogP contribution is 2.46. The lowest BCUT2D eigenvalue weighted by Gasteiger charge is -2.33. The van der Waals surface area contributed by atoms with Crippen LogP contribution in [0.1, 0.15) is 19.8 Å². The number of cyclic esters (lactones) is 1. The van der Waals surface area contributed by atoms with Gasteiger partial charge < -0.3 is 19.7 Å². The van der Waals surface area contributed by atoms with Gasteiger partial charge in [0, 0.05) is 20.0 Å². The SMILES string of the molecule is CC(=O)NC[C@H]1CN(c2ccc(N3CCC4(CC3)OC4C(=O)C=C=O)c(F)c2)C(=O)O1. The Morgan fingerprint density at radius 1 is 1.35 bits per heavy atom. The van der Waals surface area contributed by atoms with E-state index in [2.05, 4.69) is 5.32 Å². The van der Waals surface area contributed by atoms with Crippen LogP contribution >= 0.6 is 0 Å². The van der Waals surface area contributed by atoms with Crippen LogP contribution in [-0.2, 0) is 23.9 Å². The number of hydrogen-bond acceptors (Lipinski definition) is 7. The van der Waals surface area contributed by atoms with E-state index in [1.165, 1.54) is 23.8 Å². The molecule has 1 unspecified atom stereocenters. The van der Waals surface area contributed by atoms with Crippen molar-refractivity contribution in [3.63, 3.8) is 0 Å². The summed E-state index contributed by atoms with van der Waals surface area (Å²) in [6, 6.07) is 4.55. The maximum atomic E-state index is 14.9. The van der Waals surface area contributed by atoms with Crippen molar-refractivity contribution in [1.29, 1.82) is 0 Å². The number of ether oxygens (including phenoxy) is 2. The van der Waals surface area contributed by atoms with Gasteiger partial charge >= 0.3 is 6.09 Å². The van der Waals surface area contributed by atoms with Crippen molar-refractivity contribution in [3.05, 3.63) is 30.1 Å². The van der Waals surface area contributed by atoms with Crippen molar-refractivity contribution in [3.8, 4) is 0 Å². The van der Waals surface area contributed by atoms with E-state index >= 15 is 0 Å². The number of piperidine rings is 1. The first-order valence-electron chi connectivity index (χ1n) is 10.0. The van der Waals surface area contributed by atoms with Crippen molar-refractivity contribution in [2.24, 2.45) is 0 Å². The standard InChI is InChI=1S/C21H22FN3O6/c1-13(27)23-11-15-12-25(20(29)30-15)14-2-3-17(16(22)10-14)24-7-5-21(6-8-24)19(31-21)18(28)4-9-26/h2-4,10,15,19H,5-8,11-12H2,1H3,(H,23,27)/t15-,19?/m0/s1. The van der Waals surface area contributed by atoms with Crippen LogP contribution < -0.4 is 15.1 Å². The molecule has 0 saturated carbocycles. The number of hydrogen-bond donors (Lipinski definition) is 1. The molecule has 0 bridgehead atoms. The Morgan fingerprint density at radius 3 is 2.74 bits per heavy atom. The number of halogens is 1. The van der Waals surface area contributed by atoms with Crippen LogP contribution in [0.25, 0.3) is 0 Å². The summed E-state index contributed by atoms with van der Waals surface area (Å²) in [4.78, 5) is 48.5. The molecule has 9 nitrogen and oxygen atoms in total. The van der Waals surface area contributed by atoms with E-state index in [-0.39, 0.29) is 24.8 Å². The van der Waals surface area contributed by atoms with Gasteiger partial charge in [0.1, 0.15) is 23.5 Å². The molecule has 0 aromatic heterocycles. The molecular formula is C21H22FN3O6. The number of nitrogens with one attached hydrogen (secondary N) is 1. The topological polar surface area (TPSA) is 109 Å². The fourth-order valence-electron chi connectivity index (χ4n) is 4.17. The maximum absolute atomic E-state index is 14.9. The molecule has 2 amide bonds. The third-order valence-corrected chi connectivity index (χ3v) is 5.88. The normalized spacial score (nSPS) is 23.9. The minimum atomic E-state index is -0.616. The molecule has 164 valence electrons. The van der Waals surface area contributed by atoms with Crippen molar-refractivity contribution >= 4 is 35.1 Å². The highest BCUT2D eigenvalue weighted by atomic mass is 19.1. The van der Waals surface area contributed by atoms with Crippen molar-refractivity contribution in [2.75, 3.05) is 36.0 Å². The molecule has 2 atom stereocenters. The van der Waals surface area contributed by atoms with Gasteiger partial charge in [0.25, 0.3) is 0 Å². The summed E-state index contributed by atoms with van der Waals surface area (Å²) in [6.07, 6.45) is 0.235. The summed E-state index contributed by atoms with van der Waals surface area (Å²) in [7, 11) is 0. The molecule has 1 aromatic carbocycles. The summed E-state index contributed by atoms with van der Waals surface area (Å²) in [5.74, 6) is 0.404. The Bertz CT molecular complexity index is 968. The molecule has 0 radical (unpaired) electrons. The lowest BCUT2D eigenvalue weighted by atomic mass is 9.91. The highest BCUT2D eigenvalue weighted by Gasteiger charge is 2.60. The first-order valence-corrected chi connectivity index (χ1v) is 10.0. The van der Waals surface area contributed by atoms with Crippen LogP contribution in [-0.4, -0.2) is 67.7 Å². The number of benzene rings is 1. The molecular weight excluding hydrogens is 409 g/mol. The zero-order valence-corrected chi connectivity index (χ0v) is 16.9. The molecule has 3 fully saturated rings. The third kappa shape index (κ3) is 4.17. The number of ketones is 1. The van der Waals surface area contributed by atoms with Gasteiger partial charge in [-0.05, 0) is 31.0 Å². The monoisotopic (exact) mass is 431 g/mol. The molecule has 10 heteroatoms. The van der Waals surface area contributed by atoms with Gasteiger partial charge in [-0.2, -0.15) is 0 Å². The van der Waals surface area contributed by atoms with Gasteiger partial charge in [-0.1, -0.05) is 0 Å². The Morgan fingerprint density at radius 2 is 2.10 bits per heavy atom. The fourth-order valence-corrected chi connectivity index (χ4v) is 4.17. The summed E-state index contributed by atoms with van der Waals surface area (Å²) in [6.45, 7) is 2.78. The van der Waals surface area contributed by atoms with Crippen LogP contribution in [0, 0.1) is 5.82 Å². The average Bonchev–Trinajstić information content (AvgIpc) is 3.30. The van der Waals surface area contributed by atoms with Crippen molar-refractivity contribution < 1.29 is 33.0 Å². The first-order chi connectivity index (χ1) is 14.8. The maximum Gasteiger partial charge on any atom is 0.414 e. The highest BCUT2D eigenvalue weighted by molar-refractivity contribution is 6.01. The lowest BCUT2D eigenvalue weighted by molar-refractivity contribution is -0.119. The van der Waals surface area contributed by atoms with Gasteiger partial charge in [-0.25, -0.2) is 14.0 Å². The smallest absolute Gasteiger partial charge is 0.414 e. The van der Waals surface area contributed by atoms with E-state index in [4.69, 9.17) is 9.47 Å². The van der Waals surface area contributed by atoms with E-state index in [0.29, 0.717) is 37.3 Å². The summed E-state index contributed by atoms with van der Waals surface area (Å²) < 4.78 is 25.6. The van der Waals surface area contributed by atoms with Crippen LogP contribution in [0.5, 0.6) is 0 Å². The van der Waals surface area contributed by atoms with Crippen LogP contribution in [0.15, 0.2) is 24.3 Å². The molecule has 1 aromatic rings. The number of carbonyl (C=O) groups excluding carboxylic acids is 4. The van der Waals surface area contributed by atoms with E-state index < -0.39 is 29.7 Å². The minimum absolute atomic E-state index is 0.196. The Hall–Kier alpha value is -3.23. The zero-order chi connectivity index (χ0) is 22.2. The second kappa shape index (κ2) is 8.13. The summed E-state index contributed by atoms with van der Waals surface area (Å²) in [5, 5.41) is 2.60. The van der Waals surface area contributed by atoms with Gasteiger partial charge in [-0.3, -0.25) is 14.5 Å². The van der Waals surface area contributed by atoms with Crippen LogP contribution in [0.3, 0.4) is 0 Å². The van der Waals surface area contributed by atoms with Gasteiger partial charge in [0.15, 0.2) is 11.9 Å². The predicted molar refractivity (Wildman–Crippen MR) is 107 cm³/mol. The van der Waals surface area contributed by atoms with E-state index in [1.54, 1.807) is 12.1 Å². The lowest BCUT2D eigenvalue weighted by Crippen LogP contribution is -2.40. The molecule has 3 saturated heterocycles. The molecule has 31 heavy (non-hydrogen) atoms. The summed E-state index contributed by atoms with van der Waals surface area (Å²) in [5.41, 5.74) is 0.207. The number of anilines is 2. The number of amides is 2. The Kier molecular flexibility index (Phi) is 5.51. The average molecular weight is 431 g/mol. The minimum Gasteiger partial charge on any atom is -0.442 e. The number of nitrogens with zero attached hydrogens (tertiary/aromatic N) is 2. The number of rotatable bonds is 6. The fraction of sp³-hybridized carbons (Fsp3) is 0.476. The Labute approximate surface area is 177 Å². The number of carbonyl (C=O) groups is 3. The largest absolute Gasteiger partial charge is 0.442 e. The molecule has 4 rings (SSSR count). The van der Waals surface area contributed by atoms with E-state index in [1.807, 2.05) is 4.90 Å². The Balaban J connectivity index is 1.38. The predicted octanol–water partition coefficient (Wildman–Crippen LogP) is 0.982.